The molecular weight excluding hydrogens is 350 g/mol. The highest BCUT2D eigenvalue weighted by atomic mass is 35.5. The number of piperazine rings is 1. The van der Waals surface area contributed by atoms with E-state index in [9.17, 15) is 5.11 Å². The van der Waals surface area contributed by atoms with Crippen LogP contribution in [0.5, 0.6) is 0 Å². The fourth-order valence-electron chi connectivity index (χ4n) is 4.13. The molecule has 2 aliphatic rings. The SMILES string of the molecule is OCC(O)C1CCN(CCCN2CCN(c3cccc(Cl)c3)CC2)CC1. The van der Waals surface area contributed by atoms with Crippen molar-refractivity contribution < 1.29 is 10.2 Å². The van der Waals surface area contributed by atoms with E-state index in [0.717, 1.165) is 70.2 Å². The van der Waals surface area contributed by atoms with Crippen LogP contribution in [0.3, 0.4) is 0 Å². The number of benzene rings is 1. The van der Waals surface area contributed by atoms with Crippen LogP contribution < -0.4 is 4.90 Å². The predicted molar refractivity (Wildman–Crippen MR) is 107 cm³/mol. The number of nitrogens with zero attached hydrogens (tertiary/aromatic N) is 3. The lowest BCUT2D eigenvalue weighted by Gasteiger charge is -2.37. The molecule has 0 saturated carbocycles. The van der Waals surface area contributed by atoms with Crippen LogP contribution in [0.1, 0.15) is 19.3 Å². The molecule has 2 fully saturated rings. The van der Waals surface area contributed by atoms with Gasteiger partial charge in [0.1, 0.15) is 0 Å². The first-order valence-corrected chi connectivity index (χ1v) is 10.3. The van der Waals surface area contributed by atoms with Crippen LogP contribution in [0.25, 0.3) is 0 Å². The van der Waals surface area contributed by atoms with E-state index in [-0.39, 0.29) is 12.5 Å². The summed E-state index contributed by atoms with van der Waals surface area (Å²) in [6, 6.07) is 8.13. The molecule has 146 valence electrons. The minimum Gasteiger partial charge on any atom is -0.394 e. The Morgan fingerprint density at radius 2 is 1.65 bits per heavy atom. The molecule has 0 radical (unpaired) electrons. The van der Waals surface area contributed by atoms with Crippen LogP contribution in [-0.4, -0.2) is 85.1 Å². The van der Waals surface area contributed by atoms with Crippen LogP contribution in [0.2, 0.25) is 5.02 Å². The number of aliphatic hydroxyl groups excluding tert-OH is 2. The largest absolute Gasteiger partial charge is 0.394 e. The summed E-state index contributed by atoms with van der Waals surface area (Å²) < 4.78 is 0. The number of halogens is 1. The van der Waals surface area contributed by atoms with Crippen molar-refractivity contribution in [3.05, 3.63) is 29.3 Å². The zero-order valence-electron chi connectivity index (χ0n) is 15.6. The highest BCUT2D eigenvalue weighted by Crippen LogP contribution is 2.22. The Bertz CT molecular complexity index is 544. The Kier molecular flexibility index (Phi) is 7.58. The van der Waals surface area contributed by atoms with Crippen molar-refractivity contribution in [2.24, 2.45) is 5.92 Å². The minimum atomic E-state index is -0.534. The van der Waals surface area contributed by atoms with Crippen LogP contribution in [-0.2, 0) is 0 Å². The first-order chi connectivity index (χ1) is 12.7. The number of anilines is 1. The summed E-state index contributed by atoms with van der Waals surface area (Å²) in [4.78, 5) is 7.48. The van der Waals surface area contributed by atoms with Crippen LogP contribution in [0, 0.1) is 5.92 Å². The molecule has 1 unspecified atom stereocenters. The monoisotopic (exact) mass is 381 g/mol. The number of aliphatic hydroxyl groups is 2. The maximum atomic E-state index is 9.75. The summed E-state index contributed by atoms with van der Waals surface area (Å²) in [5.41, 5.74) is 1.23. The zero-order chi connectivity index (χ0) is 18.4. The molecule has 2 N–H and O–H groups in total. The van der Waals surface area contributed by atoms with Gasteiger partial charge in [-0.15, -0.1) is 0 Å². The Morgan fingerprint density at radius 1 is 1.00 bits per heavy atom. The average Bonchev–Trinajstić information content (AvgIpc) is 2.68. The summed E-state index contributed by atoms with van der Waals surface area (Å²) in [6.45, 7) is 8.61. The minimum absolute atomic E-state index is 0.105. The Balaban J connectivity index is 1.31. The van der Waals surface area contributed by atoms with Gasteiger partial charge >= 0.3 is 0 Å². The molecule has 0 spiro atoms. The lowest BCUT2D eigenvalue weighted by Crippen LogP contribution is -2.47. The van der Waals surface area contributed by atoms with Gasteiger partial charge in [0.05, 0.1) is 12.7 Å². The number of hydrogen-bond donors (Lipinski definition) is 2. The van der Waals surface area contributed by atoms with Gasteiger partial charge in [-0.25, -0.2) is 0 Å². The van der Waals surface area contributed by atoms with Gasteiger partial charge in [-0.1, -0.05) is 17.7 Å². The predicted octanol–water partition coefficient (Wildman–Crippen LogP) is 1.92. The van der Waals surface area contributed by atoms with Crippen molar-refractivity contribution in [1.29, 1.82) is 0 Å². The molecule has 3 rings (SSSR count). The van der Waals surface area contributed by atoms with Crippen LogP contribution in [0.15, 0.2) is 24.3 Å². The van der Waals surface area contributed by atoms with E-state index >= 15 is 0 Å². The molecule has 26 heavy (non-hydrogen) atoms. The van der Waals surface area contributed by atoms with Gasteiger partial charge in [-0.2, -0.15) is 0 Å². The fourth-order valence-corrected chi connectivity index (χ4v) is 4.32. The van der Waals surface area contributed by atoms with Gasteiger partial charge < -0.3 is 20.0 Å². The molecule has 6 heteroatoms. The summed E-state index contributed by atoms with van der Waals surface area (Å²) in [7, 11) is 0. The second-order valence-electron chi connectivity index (χ2n) is 7.59. The normalized spacial score (nSPS) is 21.9. The standard InChI is InChI=1S/C20H32ClN3O2/c21-18-3-1-4-19(15-18)24-13-11-23(12-14-24)8-2-7-22-9-5-17(6-10-22)20(26)16-25/h1,3-4,15,17,20,25-26H,2,5-14,16H2. The lowest BCUT2D eigenvalue weighted by atomic mass is 9.91. The molecule has 0 aromatic heterocycles. The first kappa shape index (κ1) is 19.9. The van der Waals surface area contributed by atoms with Crippen molar-refractivity contribution in [3.63, 3.8) is 0 Å². The fraction of sp³-hybridized carbons (Fsp3) is 0.700. The Labute approximate surface area is 162 Å². The van der Waals surface area contributed by atoms with E-state index < -0.39 is 6.10 Å². The quantitative estimate of drug-likeness (QED) is 0.755. The summed E-state index contributed by atoms with van der Waals surface area (Å²) in [5, 5.41) is 19.6. The molecule has 2 aliphatic heterocycles. The highest BCUT2D eigenvalue weighted by Gasteiger charge is 2.24. The summed E-state index contributed by atoms with van der Waals surface area (Å²) >= 11 is 6.10. The Hall–Kier alpha value is -0.850. The second kappa shape index (κ2) is 9.90. The van der Waals surface area contributed by atoms with Gasteiger partial charge in [0, 0.05) is 36.9 Å². The molecule has 1 aromatic carbocycles. The van der Waals surface area contributed by atoms with Crippen molar-refractivity contribution in [2.45, 2.75) is 25.4 Å². The average molecular weight is 382 g/mol. The smallest absolute Gasteiger partial charge is 0.0799 e. The topological polar surface area (TPSA) is 50.2 Å². The lowest BCUT2D eigenvalue weighted by molar-refractivity contribution is 0.0179. The maximum absolute atomic E-state index is 9.75. The Morgan fingerprint density at radius 3 is 2.27 bits per heavy atom. The van der Waals surface area contributed by atoms with Gasteiger partial charge in [0.2, 0.25) is 0 Å². The molecule has 2 saturated heterocycles. The van der Waals surface area contributed by atoms with Crippen molar-refractivity contribution >= 4 is 17.3 Å². The van der Waals surface area contributed by atoms with Crippen molar-refractivity contribution in [3.8, 4) is 0 Å². The first-order valence-electron chi connectivity index (χ1n) is 9.90. The third kappa shape index (κ3) is 5.57. The van der Waals surface area contributed by atoms with Crippen LogP contribution >= 0.6 is 11.6 Å². The van der Waals surface area contributed by atoms with Gasteiger partial charge in [0.15, 0.2) is 0 Å². The zero-order valence-corrected chi connectivity index (χ0v) is 16.3. The third-order valence-corrected chi connectivity index (χ3v) is 6.09. The maximum Gasteiger partial charge on any atom is 0.0799 e. The van der Waals surface area contributed by atoms with Gasteiger partial charge in [-0.05, 0) is 69.6 Å². The third-order valence-electron chi connectivity index (χ3n) is 5.86. The number of likely N-dealkylation sites (tertiary alicyclic amines) is 1. The van der Waals surface area contributed by atoms with Gasteiger partial charge in [-0.3, -0.25) is 4.90 Å². The molecule has 5 nitrogen and oxygen atoms in total. The van der Waals surface area contributed by atoms with Gasteiger partial charge in [0.25, 0.3) is 0 Å². The highest BCUT2D eigenvalue weighted by molar-refractivity contribution is 6.30. The van der Waals surface area contributed by atoms with E-state index in [2.05, 4.69) is 26.8 Å². The summed E-state index contributed by atoms with van der Waals surface area (Å²) in [6.07, 6.45) is 2.66. The van der Waals surface area contributed by atoms with E-state index in [4.69, 9.17) is 16.7 Å². The molecule has 0 bridgehead atoms. The molecule has 1 atom stereocenters. The molecule has 1 aromatic rings. The molecule has 0 aliphatic carbocycles. The molecular formula is C20H32ClN3O2. The number of piperidine rings is 1. The molecule has 2 heterocycles. The van der Waals surface area contributed by atoms with E-state index in [0.29, 0.717) is 0 Å². The molecule has 0 amide bonds. The number of hydrogen-bond acceptors (Lipinski definition) is 5. The summed E-state index contributed by atoms with van der Waals surface area (Å²) in [5.74, 6) is 0.274. The van der Waals surface area contributed by atoms with Crippen LogP contribution in [0.4, 0.5) is 5.69 Å². The number of rotatable bonds is 7. The van der Waals surface area contributed by atoms with Crippen molar-refractivity contribution in [1.82, 2.24) is 9.80 Å². The van der Waals surface area contributed by atoms with E-state index in [1.807, 2.05) is 12.1 Å². The van der Waals surface area contributed by atoms with E-state index in [1.165, 1.54) is 12.1 Å². The van der Waals surface area contributed by atoms with Crippen molar-refractivity contribution in [2.75, 3.05) is 63.9 Å². The second-order valence-corrected chi connectivity index (χ2v) is 8.03. The van der Waals surface area contributed by atoms with E-state index in [1.54, 1.807) is 0 Å².